The summed E-state index contributed by atoms with van der Waals surface area (Å²) in [7, 11) is 0. The van der Waals surface area contributed by atoms with Gasteiger partial charge in [-0.2, -0.15) is 5.10 Å². The number of fused-ring (bicyclic) bond motifs is 1. The lowest BCUT2D eigenvalue weighted by Crippen LogP contribution is -2.65. The number of carbonyl (C=O) groups is 2. The molecule has 1 aliphatic heterocycles. The molecule has 1 unspecified atom stereocenters. The molecular formula is C19H25N3O7. The van der Waals surface area contributed by atoms with E-state index in [1.54, 1.807) is 49.8 Å². The molecule has 10 heteroatoms. The third kappa shape index (κ3) is 5.15. The Balaban J connectivity index is 1.59. The quantitative estimate of drug-likeness (QED) is 0.600. The van der Waals surface area contributed by atoms with Crippen LogP contribution in [0.3, 0.4) is 0 Å². The first-order chi connectivity index (χ1) is 13.4. The topological polar surface area (TPSA) is 134 Å². The number of hydrogen-bond donors (Lipinski definition) is 3. The number of aliphatic hydroxyl groups excluding tert-OH is 1. The highest BCUT2D eigenvalue weighted by molar-refractivity contribution is 5.79. The first-order valence-corrected chi connectivity index (χ1v) is 9.15. The van der Waals surface area contributed by atoms with Crippen LogP contribution < -0.4 is 4.74 Å². The SMILES string of the molecule is CC(C)(C)OC(=O)C(O)COc1ccc2nn(CC3(O)CN(C(=O)O)C3)cc2c1. The maximum atomic E-state index is 11.8. The average Bonchev–Trinajstić information content (AvgIpc) is 2.96. The summed E-state index contributed by atoms with van der Waals surface area (Å²) in [6.07, 6.45) is -0.748. The van der Waals surface area contributed by atoms with Gasteiger partial charge in [-0.15, -0.1) is 0 Å². The third-order valence-electron chi connectivity index (χ3n) is 4.31. The van der Waals surface area contributed by atoms with Crippen molar-refractivity contribution < 1.29 is 34.4 Å². The Morgan fingerprint density at radius 3 is 2.62 bits per heavy atom. The molecule has 2 heterocycles. The molecule has 1 aromatic heterocycles. The molecule has 1 aromatic carbocycles. The van der Waals surface area contributed by atoms with E-state index >= 15 is 0 Å². The number of amides is 1. The molecule has 1 amide bonds. The van der Waals surface area contributed by atoms with Gasteiger partial charge in [-0.1, -0.05) is 0 Å². The van der Waals surface area contributed by atoms with Crippen LogP contribution in [-0.2, 0) is 16.1 Å². The van der Waals surface area contributed by atoms with Crippen molar-refractivity contribution >= 4 is 23.0 Å². The number of ether oxygens (including phenoxy) is 2. The molecule has 158 valence electrons. The van der Waals surface area contributed by atoms with Crippen molar-refractivity contribution in [2.45, 2.75) is 44.6 Å². The standard InChI is InChI=1S/C19H25N3O7/c1-18(2,3)29-16(24)15(23)8-28-13-4-5-14-12(6-13)7-22(20-14)11-19(27)9-21(10-19)17(25)26/h4-7,15,23,27H,8-11H2,1-3H3,(H,25,26). The van der Waals surface area contributed by atoms with Gasteiger partial charge in [-0.05, 0) is 39.0 Å². The van der Waals surface area contributed by atoms with Gasteiger partial charge in [0.15, 0.2) is 6.10 Å². The Bertz CT molecular complexity index is 912. The number of β-amino-alcohol motifs (C(OH)–C–C–N with tert-alkyl or cyclic N) is 1. The molecule has 1 saturated heterocycles. The van der Waals surface area contributed by atoms with Gasteiger partial charge in [0.1, 0.15) is 23.6 Å². The van der Waals surface area contributed by atoms with Crippen LogP contribution in [0.1, 0.15) is 20.8 Å². The number of carbonyl (C=O) groups excluding carboxylic acids is 1. The van der Waals surface area contributed by atoms with Crippen molar-refractivity contribution in [1.82, 2.24) is 14.7 Å². The van der Waals surface area contributed by atoms with Crippen molar-refractivity contribution in [3.8, 4) is 5.75 Å². The Kier molecular flexibility index (Phi) is 5.42. The van der Waals surface area contributed by atoms with Crippen molar-refractivity contribution in [1.29, 1.82) is 0 Å². The number of likely N-dealkylation sites (tertiary alicyclic amines) is 1. The summed E-state index contributed by atoms with van der Waals surface area (Å²) in [4.78, 5) is 23.8. The van der Waals surface area contributed by atoms with Crippen LogP contribution in [0.25, 0.3) is 10.9 Å². The number of rotatable bonds is 6. The Morgan fingerprint density at radius 1 is 1.31 bits per heavy atom. The van der Waals surface area contributed by atoms with E-state index in [2.05, 4.69) is 5.10 Å². The first-order valence-electron chi connectivity index (χ1n) is 9.15. The van der Waals surface area contributed by atoms with E-state index < -0.39 is 29.4 Å². The van der Waals surface area contributed by atoms with E-state index in [4.69, 9.17) is 14.6 Å². The number of esters is 1. The molecule has 10 nitrogen and oxygen atoms in total. The molecule has 0 radical (unpaired) electrons. The van der Waals surface area contributed by atoms with Crippen molar-refractivity contribution in [3.05, 3.63) is 24.4 Å². The zero-order valence-corrected chi connectivity index (χ0v) is 16.5. The Hall–Kier alpha value is -2.85. The fourth-order valence-electron chi connectivity index (χ4n) is 3.04. The van der Waals surface area contributed by atoms with Crippen LogP contribution in [-0.4, -0.2) is 79.1 Å². The van der Waals surface area contributed by atoms with Crippen LogP contribution in [0, 0.1) is 0 Å². The monoisotopic (exact) mass is 407 g/mol. The van der Waals surface area contributed by atoms with E-state index in [1.807, 2.05) is 0 Å². The number of hydrogen-bond acceptors (Lipinski definition) is 7. The van der Waals surface area contributed by atoms with Gasteiger partial charge in [0.05, 0.1) is 25.2 Å². The molecule has 2 aromatic rings. The second-order valence-corrected chi connectivity index (χ2v) is 8.27. The fraction of sp³-hybridized carbons (Fsp3) is 0.526. The van der Waals surface area contributed by atoms with E-state index in [-0.39, 0.29) is 26.2 Å². The zero-order chi connectivity index (χ0) is 21.4. The highest BCUT2D eigenvalue weighted by Gasteiger charge is 2.44. The lowest BCUT2D eigenvalue weighted by Gasteiger charge is -2.44. The third-order valence-corrected chi connectivity index (χ3v) is 4.31. The molecule has 0 saturated carbocycles. The minimum Gasteiger partial charge on any atom is -0.490 e. The van der Waals surface area contributed by atoms with Crippen LogP contribution in [0.2, 0.25) is 0 Å². The highest BCUT2D eigenvalue weighted by Crippen LogP contribution is 2.25. The fourth-order valence-corrected chi connectivity index (χ4v) is 3.04. The second-order valence-electron chi connectivity index (χ2n) is 8.27. The predicted octanol–water partition coefficient (Wildman–Crippen LogP) is 0.842. The highest BCUT2D eigenvalue weighted by atomic mass is 16.6. The molecule has 0 bridgehead atoms. The second kappa shape index (κ2) is 7.53. The number of carboxylic acid groups (broad SMARTS) is 1. The van der Waals surface area contributed by atoms with E-state index in [0.29, 0.717) is 11.3 Å². The summed E-state index contributed by atoms with van der Waals surface area (Å²) in [6.45, 7) is 5.12. The summed E-state index contributed by atoms with van der Waals surface area (Å²) in [5.74, 6) is -0.311. The molecular weight excluding hydrogens is 382 g/mol. The molecule has 1 fully saturated rings. The van der Waals surface area contributed by atoms with Gasteiger partial charge in [0.25, 0.3) is 0 Å². The molecule has 29 heavy (non-hydrogen) atoms. The van der Waals surface area contributed by atoms with Gasteiger partial charge in [-0.25, -0.2) is 9.59 Å². The summed E-state index contributed by atoms with van der Waals surface area (Å²) < 4.78 is 12.1. The summed E-state index contributed by atoms with van der Waals surface area (Å²) in [5.41, 5.74) is -1.17. The molecule has 3 rings (SSSR count). The maximum absolute atomic E-state index is 11.8. The van der Waals surface area contributed by atoms with E-state index in [1.165, 1.54) is 0 Å². The van der Waals surface area contributed by atoms with Crippen molar-refractivity contribution in [2.24, 2.45) is 0 Å². The average molecular weight is 407 g/mol. The number of aliphatic hydroxyl groups is 2. The predicted molar refractivity (Wildman–Crippen MR) is 102 cm³/mol. The molecule has 1 aliphatic rings. The number of benzene rings is 1. The van der Waals surface area contributed by atoms with Crippen molar-refractivity contribution in [3.63, 3.8) is 0 Å². The minimum absolute atomic E-state index is 0.0372. The van der Waals surface area contributed by atoms with Crippen LogP contribution in [0.5, 0.6) is 5.75 Å². The van der Waals surface area contributed by atoms with Gasteiger partial charge in [0, 0.05) is 11.6 Å². The van der Waals surface area contributed by atoms with E-state index in [9.17, 15) is 19.8 Å². The van der Waals surface area contributed by atoms with Crippen LogP contribution in [0.4, 0.5) is 4.79 Å². The molecule has 1 atom stereocenters. The smallest absolute Gasteiger partial charge is 0.407 e. The Morgan fingerprint density at radius 2 is 2.00 bits per heavy atom. The minimum atomic E-state index is -1.40. The van der Waals surface area contributed by atoms with Crippen molar-refractivity contribution in [2.75, 3.05) is 19.7 Å². The lowest BCUT2D eigenvalue weighted by molar-refractivity contribution is -0.166. The summed E-state index contributed by atoms with van der Waals surface area (Å²) in [5, 5.41) is 34.3. The maximum Gasteiger partial charge on any atom is 0.407 e. The normalized spacial score (nSPS) is 16.9. The first kappa shape index (κ1) is 20.9. The molecule has 3 N–H and O–H groups in total. The number of nitrogens with zero attached hydrogens (tertiary/aromatic N) is 3. The van der Waals surface area contributed by atoms with Gasteiger partial charge in [-0.3, -0.25) is 4.68 Å². The summed E-state index contributed by atoms with van der Waals surface area (Å²) >= 11 is 0. The van der Waals surface area contributed by atoms with Gasteiger partial charge in [0.2, 0.25) is 0 Å². The number of aromatic nitrogens is 2. The van der Waals surface area contributed by atoms with E-state index in [0.717, 1.165) is 10.3 Å². The van der Waals surface area contributed by atoms with Gasteiger partial charge < -0.3 is 29.7 Å². The molecule has 0 spiro atoms. The lowest BCUT2D eigenvalue weighted by atomic mass is 9.95. The summed E-state index contributed by atoms with van der Waals surface area (Å²) in [6, 6.07) is 5.08. The molecule has 0 aliphatic carbocycles. The largest absolute Gasteiger partial charge is 0.490 e. The van der Waals surface area contributed by atoms with Crippen LogP contribution >= 0.6 is 0 Å². The Labute approximate surface area is 167 Å². The van der Waals surface area contributed by atoms with Gasteiger partial charge >= 0.3 is 12.1 Å². The van der Waals surface area contributed by atoms with Crippen LogP contribution in [0.15, 0.2) is 24.4 Å². The zero-order valence-electron chi connectivity index (χ0n) is 16.5.